The molecule has 3 rings (SSSR count). The Labute approximate surface area is 170 Å². The van der Waals surface area contributed by atoms with Gasteiger partial charge in [0, 0.05) is 25.0 Å². The lowest BCUT2D eigenvalue weighted by Crippen LogP contribution is -2.41. The molecule has 1 N–H and O–H groups in total. The molecule has 1 aliphatic rings. The number of amides is 1. The maximum Gasteiger partial charge on any atom is 0.241 e. The SMILES string of the molecule is COc1ccc(-c2noc(CN(CC3CCC(=O)N3)C(C)C)n2)c(OC)c1OC. The highest BCUT2D eigenvalue weighted by Crippen LogP contribution is 2.43. The summed E-state index contributed by atoms with van der Waals surface area (Å²) in [6.45, 7) is 5.43. The minimum Gasteiger partial charge on any atom is -0.493 e. The van der Waals surface area contributed by atoms with Gasteiger partial charge in [0.05, 0.1) is 33.4 Å². The number of methoxy groups -OCH3 is 3. The van der Waals surface area contributed by atoms with Crippen LogP contribution in [0.25, 0.3) is 11.4 Å². The van der Waals surface area contributed by atoms with Crippen molar-refractivity contribution in [2.75, 3.05) is 27.9 Å². The second-order valence-electron chi connectivity index (χ2n) is 7.22. The van der Waals surface area contributed by atoms with E-state index in [1.807, 2.05) is 6.07 Å². The minimum atomic E-state index is 0.110. The van der Waals surface area contributed by atoms with Gasteiger partial charge in [0.2, 0.25) is 23.4 Å². The van der Waals surface area contributed by atoms with E-state index >= 15 is 0 Å². The second kappa shape index (κ2) is 9.13. The highest BCUT2D eigenvalue weighted by Gasteiger charge is 2.26. The van der Waals surface area contributed by atoms with E-state index in [0.717, 1.165) is 13.0 Å². The van der Waals surface area contributed by atoms with E-state index in [1.54, 1.807) is 27.4 Å². The summed E-state index contributed by atoms with van der Waals surface area (Å²) in [6.07, 6.45) is 1.43. The van der Waals surface area contributed by atoms with Crippen LogP contribution < -0.4 is 19.5 Å². The standard InChI is InChI=1S/C20H28N4O5/c1-12(2)24(10-13-6-9-16(25)21-13)11-17-22-20(23-29-17)14-7-8-15(26-3)19(28-5)18(14)27-4/h7-8,12-13H,6,9-11H2,1-5H3,(H,21,25). The van der Waals surface area contributed by atoms with Crippen molar-refractivity contribution in [1.29, 1.82) is 0 Å². The molecule has 2 heterocycles. The normalized spacial score (nSPS) is 16.4. The number of nitrogens with zero attached hydrogens (tertiary/aromatic N) is 3. The van der Waals surface area contributed by atoms with Crippen LogP contribution in [0.4, 0.5) is 0 Å². The number of nitrogens with one attached hydrogen (secondary N) is 1. The Kier molecular flexibility index (Phi) is 6.58. The summed E-state index contributed by atoms with van der Waals surface area (Å²) in [5.41, 5.74) is 0.652. The molecule has 0 aliphatic carbocycles. The second-order valence-corrected chi connectivity index (χ2v) is 7.22. The molecule has 9 heteroatoms. The molecule has 9 nitrogen and oxygen atoms in total. The van der Waals surface area contributed by atoms with Crippen LogP contribution in [0, 0.1) is 0 Å². The number of rotatable bonds is 9. The molecule has 1 fully saturated rings. The molecule has 1 saturated heterocycles. The number of aromatic nitrogens is 2. The van der Waals surface area contributed by atoms with E-state index in [1.165, 1.54) is 0 Å². The molecule has 1 atom stereocenters. The average molecular weight is 404 g/mol. The number of hydrogen-bond acceptors (Lipinski definition) is 8. The van der Waals surface area contributed by atoms with Crippen LogP contribution in [-0.2, 0) is 11.3 Å². The monoisotopic (exact) mass is 404 g/mol. The first-order chi connectivity index (χ1) is 14.0. The fourth-order valence-electron chi connectivity index (χ4n) is 3.43. The van der Waals surface area contributed by atoms with Gasteiger partial charge in [-0.2, -0.15) is 4.98 Å². The Balaban J connectivity index is 1.80. The Bertz CT molecular complexity index is 851. The summed E-state index contributed by atoms with van der Waals surface area (Å²) in [6, 6.07) is 4.00. The van der Waals surface area contributed by atoms with E-state index in [0.29, 0.717) is 47.5 Å². The van der Waals surface area contributed by atoms with Gasteiger partial charge in [0.1, 0.15) is 0 Å². The lowest BCUT2D eigenvalue weighted by Gasteiger charge is -2.27. The van der Waals surface area contributed by atoms with Crippen molar-refractivity contribution >= 4 is 5.91 Å². The van der Waals surface area contributed by atoms with E-state index in [2.05, 4.69) is 34.2 Å². The number of hydrogen-bond donors (Lipinski definition) is 1. The first-order valence-electron chi connectivity index (χ1n) is 9.62. The van der Waals surface area contributed by atoms with Crippen LogP contribution in [0.5, 0.6) is 17.2 Å². The largest absolute Gasteiger partial charge is 0.493 e. The van der Waals surface area contributed by atoms with Gasteiger partial charge < -0.3 is 24.1 Å². The first kappa shape index (κ1) is 20.9. The van der Waals surface area contributed by atoms with Crippen molar-refractivity contribution in [3.8, 4) is 28.6 Å². The van der Waals surface area contributed by atoms with Gasteiger partial charge in [-0.1, -0.05) is 5.16 Å². The highest BCUT2D eigenvalue weighted by molar-refractivity contribution is 5.78. The van der Waals surface area contributed by atoms with E-state index in [9.17, 15) is 4.79 Å². The van der Waals surface area contributed by atoms with E-state index in [4.69, 9.17) is 18.7 Å². The van der Waals surface area contributed by atoms with Crippen LogP contribution in [0.2, 0.25) is 0 Å². The van der Waals surface area contributed by atoms with Crippen LogP contribution in [0.1, 0.15) is 32.6 Å². The predicted molar refractivity (Wildman–Crippen MR) is 106 cm³/mol. The van der Waals surface area contributed by atoms with Gasteiger partial charge in [-0.05, 0) is 32.4 Å². The Morgan fingerprint density at radius 2 is 1.97 bits per heavy atom. The number of benzene rings is 1. The number of ether oxygens (including phenoxy) is 3. The lowest BCUT2D eigenvalue weighted by atomic mass is 10.1. The molecule has 29 heavy (non-hydrogen) atoms. The van der Waals surface area contributed by atoms with Crippen molar-refractivity contribution in [1.82, 2.24) is 20.4 Å². The summed E-state index contributed by atoms with van der Waals surface area (Å²) < 4.78 is 21.8. The Morgan fingerprint density at radius 1 is 1.21 bits per heavy atom. The lowest BCUT2D eigenvalue weighted by molar-refractivity contribution is -0.119. The van der Waals surface area contributed by atoms with E-state index in [-0.39, 0.29) is 18.0 Å². The maximum atomic E-state index is 11.5. The fraction of sp³-hybridized carbons (Fsp3) is 0.550. The van der Waals surface area contributed by atoms with Crippen LogP contribution >= 0.6 is 0 Å². The van der Waals surface area contributed by atoms with Crippen molar-refractivity contribution in [2.45, 2.75) is 45.3 Å². The first-order valence-corrected chi connectivity index (χ1v) is 9.62. The quantitative estimate of drug-likeness (QED) is 0.679. The molecule has 0 bridgehead atoms. The zero-order valence-corrected chi connectivity index (χ0v) is 17.5. The maximum absolute atomic E-state index is 11.5. The molecular weight excluding hydrogens is 376 g/mol. The molecule has 0 spiro atoms. The van der Waals surface area contributed by atoms with Crippen LogP contribution in [0.15, 0.2) is 16.7 Å². The van der Waals surface area contributed by atoms with Crippen molar-refractivity contribution < 1.29 is 23.5 Å². The van der Waals surface area contributed by atoms with Gasteiger partial charge in [-0.3, -0.25) is 9.69 Å². The van der Waals surface area contributed by atoms with Crippen LogP contribution in [0.3, 0.4) is 0 Å². The molecule has 1 unspecified atom stereocenters. The van der Waals surface area contributed by atoms with Gasteiger partial charge in [0.15, 0.2) is 11.5 Å². The molecule has 0 saturated carbocycles. The molecule has 1 aromatic carbocycles. The van der Waals surface area contributed by atoms with Crippen molar-refractivity contribution in [3.63, 3.8) is 0 Å². The zero-order valence-electron chi connectivity index (χ0n) is 17.5. The van der Waals surface area contributed by atoms with E-state index < -0.39 is 0 Å². The molecule has 1 amide bonds. The minimum absolute atomic E-state index is 0.110. The highest BCUT2D eigenvalue weighted by atomic mass is 16.5. The van der Waals surface area contributed by atoms with Gasteiger partial charge in [-0.25, -0.2) is 0 Å². The van der Waals surface area contributed by atoms with Gasteiger partial charge >= 0.3 is 0 Å². The molecule has 158 valence electrons. The third-order valence-corrected chi connectivity index (χ3v) is 5.02. The van der Waals surface area contributed by atoms with Gasteiger partial charge in [0.25, 0.3) is 0 Å². The summed E-state index contributed by atoms with van der Waals surface area (Å²) in [7, 11) is 4.67. The Hall–Kier alpha value is -2.81. The third-order valence-electron chi connectivity index (χ3n) is 5.02. The van der Waals surface area contributed by atoms with Crippen LogP contribution in [-0.4, -0.2) is 60.9 Å². The summed E-state index contributed by atoms with van der Waals surface area (Å²) in [4.78, 5) is 18.2. The number of carbonyl (C=O) groups is 1. The summed E-state index contributed by atoms with van der Waals surface area (Å²) in [5, 5.41) is 7.13. The third kappa shape index (κ3) is 4.61. The molecular formula is C20H28N4O5. The molecule has 1 aliphatic heterocycles. The fourth-order valence-corrected chi connectivity index (χ4v) is 3.43. The average Bonchev–Trinajstić information content (AvgIpc) is 3.34. The molecule has 2 aromatic rings. The topological polar surface area (TPSA) is 99.0 Å². The Morgan fingerprint density at radius 3 is 2.55 bits per heavy atom. The number of carbonyl (C=O) groups excluding carboxylic acids is 1. The van der Waals surface area contributed by atoms with Crippen molar-refractivity contribution in [3.05, 3.63) is 18.0 Å². The van der Waals surface area contributed by atoms with Gasteiger partial charge in [-0.15, -0.1) is 0 Å². The summed E-state index contributed by atoms with van der Waals surface area (Å²) in [5.74, 6) is 2.53. The predicted octanol–water partition coefficient (Wildman–Crippen LogP) is 2.25. The molecule has 0 radical (unpaired) electrons. The smallest absolute Gasteiger partial charge is 0.241 e. The summed E-state index contributed by atoms with van der Waals surface area (Å²) >= 11 is 0. The van der Waals surface area contributed by atoms with Crippen molar-refractivity contribution in [2.24, 2.45) is 0 Å². The molecule has 1 aromatic heterocycles. The zero-order chi connectivity index (χ0) is 21.0.